The molecule has 2 rings (SSSR count). The van der Waals surface area contributed by atoms with Gasteiger partial charge in [0.05, 0.1) is 12.0 Å². The van der Waals surface area contributed by atoms with E-state index in [1.54, 1.807) is 4.90 Å². The first-order chi connectivity index (χ1) is 9.20. The van der Waals surface area contributed by atoms with Crippen LogP contribution in [0.5, 0.6) is 0 Å². The fourth-order valence-electron chi connectivity index (χ4n) is 2.03. The molecule has 1 heterocycles. The fourth-order valence-corrected chi connectivity index (χ4v) is 2.76. The van der Waals surface area contributed by atoms with Crippen LogP contribution in [0.15, 0.2) is 30.3 Å². The fraction of sp³-hybridized carbons (Fsp3) is 0.429. The second kappa shape index (κ2) is 6.58. The summed E-state index contributed by atoms with van der Waals surface area (Å²) in [6.45, 7) is 1.38. The number of hydrogen-bond acceptors (Lipinski definition) is 3. The van der Waals surface area contributed by atoms with Gasteiger partial charge in [-0.3, -0.25) is 0 Å². The second-order valence-electron chi connectivity index (χ2n) is 4.53. The van der Waals surface area contributed by atoms with E-state index in [2.05, 4.69) is 22.0 Å². The van der Waals surface area contributed by atoms with Gasteiger partial charge in [-0.25, -0.2) is 4.79 Å². The summed E-state index contributed by atoms with van der Waals surface area (Å²) in [6.07, 6.45) is 0.372. The SMILES string of the molecule is N#CC1CCN(C(=O)OCc2ccccc2)CC1Br. The first kappa shape index (κ1) is 13.9. The minimum Gasteiger partial charge on any atom is -0.445 e. The molecule has 1 aromatic carbocycles. The van der Waals surface area contributed by atoms with Crippen molar-refractivity contribution < 1.29 is 9.53 Å². The Bertz CT molecular complexity index is 472. The van der Waals surface area contributed by atoms with E-state index in [1.165, 1.54) is 0 Å². The smallest absolute Gasteiger partial charge is 0.410 e. The topological polar surface area (TPSA) is 53.3 Å². The molecule has 0 aromatic heterocycles. The minimum atomic E-state index is -0.315. The number of benzene rings is 1. The Balaban J connectivity index is 1.83. The largest absolute Gasteiger partial charge is 0.445 e. The lowest BCUT2D eigenvalue weighted by Crippen LogP contribution is -2.44. The lowest BCUT2D eigenvalue weighted by molar-refractivity contribution is 0.0874. The molecule has 1 aliphatic heterocycles. The van der Waals surface area contributed by atoms with Crippen LogP contribution in [0.4, 0.5) is 4.79 Å². The molecule has 0 spiro atoms. The van der Waals surface area contributed by atoms with Gasteiger partial charge in [0.1, 0.15) is 6.61 Å². The van der Waals surface area contributed by atoms with E-state index in [0.717, 1.165) is 5.56 Å². The van der Waals surface area contributed by atoms with Gasteiger partial charge in [-0.2, -0.15) is 5.26 Å². The van der Waals surface area contributed by atoms with Gasteiger partial charge in [0.25, 0.3) is 0 Å². The quantitative estimate of drug-likeness (QED) is 0.786. The number of carbonyl (C=O) groups excluding carboxylic acids is 1. The predicted molar refractivity (Wildman–Crippen MR) is 74.6 cm³/mol. The zero-order valence-electron chi connectivity index (χ0n) is 10.5. The molecule has 19 heavy (non-hydrogen) atoms. The van der Waals surface area contributed by atoms with Crippen LogP contribution in [0.2, 0.25) is 0 Å². The van der Waals surface area contributed by atoms with E-state index < -0.39 is 0 Å². The molecule has 1 amide bonds. The zero-order valence-corrected chi connectivity index (χ0v) is 12.0. The van der Waals surface area contributed by atoms with Crippen molar-refractivity contribution in [1.82, 2.24) is 4.90 Å². The average Bonchev–Trinajstić information content (AvgIpc) is 2.45. The van der Waals surface area contributed by atoms with Gasteiger partial charge in [-0.15, -0.1) is 0 Å². The Kier molecular flexibility index (Phi) is 4.80. The minimum absolute atomic E-state index is 0.0236. The number of nitrogens with zero attached hydrogens (tertiary/aromatic N) is 2. The van der Waals surface area contributed by atoms with Crippen molar-refractivity contribution in [3.8, 4) is 6.07 Å². The number of amides is 1. The maximum absolute atomic E-state index is 11.9. The maximum Gasteiger partial charge on any atom is 0.410 e. The number of likely N-dealkylation sites (tertiary alicyclic amines) is 1. The summed E-state index contributed by atoms with van der Waals surface area (Å²) in [5.41, 5.74) is 0.971. The number of hydrogen-bond donors (Lipinski definition) is 0. The van der Waals surface area contributed by atoms with Crippen LogP contribution in [-0.4, -0.2) is 28.9 Å². The van der Waals surface area contributed by atoms with Gasteiger partial charge in [-0.05, 0) is 12.0 Å². The summed E-state index contributed by atoms with van der Waals surface area (Å²) in [6, 6.07) is 11.8. The van der Waals surface area contributed by atoms with Crippen molar-refractivity contribution in [3.63, 3.8) is 0 Å². The van der Waals surface area contributed by atoms with Crippen molar-refractivity contribution in [1.29, 1.82) is 5.26 Å². The van der Waals surface area contributed by atoms with Crippen LogP contribution in [0, 0.1) is 17.2 Å². The molecule has 4 nitrogen and oxygen atoms in total. The number of carbonyl (C=O) groups is 1. The molecular formula is C14H15BrN2O2. The van der Waals surface area contributed by atoms with E-state index in [0.29, 0.717) is 19.5 Å². The third-order valence-corrected chi connectivity index (χ3v) is 4.10. The monoisotopic (exact) mass is 322 g/mol. The maximum atomic E-state index is 11.9. The molecule has 1 fully saturated rings. The molecule has 0 bridgehead atoms. The molecule has 0 aliphatic carbocycles. The first-order valence-electron chi connectivity index (χ1n) is 6.20. The van der Waals surface area contributed by atoms with E-state index in [1.807, 2.05) is 30.3 Å². The Morgan fingerprint density at radius 3 is 2.84 bits per heavy atom. The second-order valence-corrected chi connectivity index (χ2v) is 5.70. The number of nitriles is 1. The van der Waals surface area contributed by atoms with Crippen molar-refractivity contribution in [3.05, 3.63) is 35.9 Å². The number of rotatable bonds is 2. The van der Waals surface area contributed by atoms with Gasteiger partial charge in [0.15, 0.2) is 0 Å². The van der Waals surface area contributed by atoms with Crippen molar-refractivity contribution in [2.24, 2.45) is 5.92 Å². The van der Waals surface area contributed by atoms with E-state index in [-0.39, 0.29) is 23.4 Å². The molecule has 2 atom stereocenters. The Morgan fingerprint density at radius 2 is 2.21 bits per heavy atom. The van der Waals surface area contributed by atoms with E-state index >= 15 is 0 Å². The lowest BCUT2D eigenvalue weighted by atomic mass is 9.99. The highest BCUT2D eigenvalue weighted by Crippen LogP contribution is 2.23. The van der Waals surface area contributed by atoms with Crippen molar-refractivity contribution >= 4 is 22.0 Å². The van der Waals surface area contributed by atoms with Crippen molar-refractivity contribution in [2.45, 2.75) is 17.9 Å². The molecule has 0 N–H and O–H groups in total. The summed E-state index contributed by atoms with van der Waals surface area (Å²) >= 11 is 3.45. The third kappa shape index (κ3) is 3.71. The van der Waals surface area contributed by atoms with E-state index in [9.17, 15) is 4.79 Å². The molecule has 1 aliphatic rings. The summed E-state index contributed by atoms with van der Waals surface area (Å²) < 4.78 is 5.27. The Hall–Kier alpha value is -1.54. The zero-order chi connectivity index (χ0) is 13.7. The number of piperidine rings is 1. The van der Waals surface area contributed by atoms with Crippen LogP contribution in [0.25, 0.3) is 0 Å². The number of alkyl halides is 1. The van der Waals surface area contributed by atoms with Gasteiger partial charge >= 0.3 is 6.09 Å². The van der Waals surface area contributed by atoms with Crippen LogP contribution >= 0.6 is 15.9 Å². The highest BCUT2D eigenvalue weighted by atomic mass is 79.9. The summed E-state index contributed by atoms with van der Waals surface area (Å²) in [7, 11) is 0. The van der Waals surface area contributed by atoms with E-state index in [4.69, 9.17) is 10.00 Å². The van der Waals surface area contributed by atoms with Crippen LogP contribution in [-0.2, 0) is 11.3 Å². The van der Waals surface area contributed by atoms with Crippen LogP contribution < -0.4 is 0 Å². The normalized spacial score (nSPS) is 22.6. The standard InChI is InChI=1S/C14H15BrN2O2/c15-13-9-17(7-6-12(13)8-16)14(18)19-10-11-4-2-1-3-5-11/h1-5,12-13H,6-7,9-10H2. The van der Waals surface area contributed by atoms with Gasteiger partial charge in [0, 0.05) is 17.9 Å². The molecule has 0 radical (unpaired) electrons. The number of halogens is 1. The molecule has 5 heteroatoms. The third-order valence-electron chi connectivity index (χ3n) is 3.17. The van der Waals surface area contributed by atoms with Crippen LogP contribution in [0.1, 0.15) is 12.0 Å². The highest BCUT2D eigenvalue weighted by Gasteiger charge is 2.30. The average molecular weight is 323 g/mol. The van der Waals surface area contributed by atoms with Gasteiger partial charge in [-0.1, -0.05) is 46.3 Å². The first-order valence-corrected chi connectivity index (χ1v) is 7.11. The number of ether oxygens (including phenoxy) is 1. The Labute approximate surface area is 121 Å². The highest BCUT2D eigenvalue weighted by molar-refractivity contribution is 9.09. The molecule has 1 saturated heterocycles. The van der Waals surface area contributed by atoms with Crippen molar-refractivity contribution in [2.75, 3.05) is 13.1 Å². The Morgan fingerprint density at radius 1 is 1.47 bits per heavy atom. The predicted octanol–water partition coefficient (Wildman–Crippen LogP) is 2.93. The molecule has 0 saturated carbocycles. The molecule has 1 aromatic rings. The molecule has 2 unspecified atom stereocenters. The van der Waals surface area contributed by atoms with Crippen LogP contribution in [0.3, 0.4) is 0 Å². The summed E-state index contributed by atoms with van der Waals surface area (Å²) in [4.78, 5) is 13.6. The molecule has 100 valence electrons. The lowest BCUT2D eigenvalue weighted by Gasteiger charge is -2.32. The summed E-state index contributed by atoms with van der Waals surface area (Å²) in [5.74, 6) is -0.0295. The summed E-state index contributed by atoms with van der Waals surface area (Å²) in [5, 5.41) is 8.92. The van der Waals surface area contributed by atoms with Gasteiger partial charge < -0.3 is 9.64 Å². The molecular weight excluding hydrogens is 308 g/mol. The van der Waals surface area contributed by atoms with Gasteiger partial charge in [0.2, 0.25) is 0 Å².